The van der Waals surface area contributed by atoms with Crippen molar-refractivity contribution in [3.63, 3.8) is 0 Å². The van der Waals surface area contributed by atoms with E-state index < -0.39 is 0 Å². The molecule has 2 aromatic rings. The Kier molecular flexibility index (Phi) is 2.63. The first-order chi connectivity index (χ1) is 7.68. The van der Waals surface area contributed by atoms with Crippen molar-refractivity contribution < 1.29 is 4.79 Å². The predicted molar refractivity (Wildman–Crippen MR) is 57.9 cm³/mol. The van der Waals surface area contributed by atoms with Crippen LogP contribution in [0.25, 0.3) is 0 Å². The molecule has 0 atom stereocenters. The first-order valence-electron chi connectivity index (χ1n) is 4.75. The molecule has 2 rings (SSSR count). The highest BCUT2D eigenvalue weighted by molar-refractivity contribution is 6.04. The maximum absolute atomic E-state index is 11.8. The number of aromatic nitrogens is 4. The van der Waals surface area contributed by atoms with E-state index in [0.717, 1.165) is 5.69 Å². The van der Waals surface area contributed by atoms with Gasteiger partial charge >= 0.3 is 0 Å². The Balaban J connectivity index is 2.18. The molecule has 0 saturated carbocycles. The van der Waals surface area contributed by atoms with E-state index in [4.69, 9.17) is 0 Å². The van der Waals surface area contributed by atoms with Gasteiger partial charge in [0.2, 0.25) is 0 Å². The normalized spacial score (nSPS) is 10.1. The van der Waals surface area contributed by atoms with Crippen molar-refractivity contribution in [2.24, 2.45) is 7.05 Å². The first kappa shape index (κ1) is 10.3. The van der Waals surface area contributed by atoms with Crippen LogP contribution >= 0.6 is 0 Å². The zero-order chi connectivity index (χ0) is 11.5. The van der Waals surface area contributed by atoms with Crippen LogP contribution < -0.4 is 5.32 Å². The highest BCUT2D eigenvalue weighted by Crippen LogP contribution is 2.09. The Bertz CT molecular complexity index is 505. The van der Waals surface area contributed by atoms with Crippen LogP contribution in [0.15, 0.2) is 24.7 Å². The molecule has 82 valence electrons. The van der Waals surface area contributed by atoms with Gasteiger partial charge in [-0.05, 0) is 13.0 Å². The van der Waals surface area contributed by atoms with Crippen molar-refractivity contribution in [3.8, 4) is 0 Å². The standard InChI is InChI=1S/C10H11N5O/c1-7-9(6-13-15(7)2)10(16)14-8-3-4-11-12-5-8/h3-6H,1-2H3,(H,11,14,16). The number of hydrogen-bond donors (Lipinski definition) is 1. The fraction of sp³-hybridized carbons (Fsp3) is 0.200. The topological polar surface area (TPSA) is 72.7 Å². The first-order valence-corrected chi connectivity index (χ1v) is 4.75. The largest absolute Gasteiger partial charge is 0.320 e. The predicted octanol–water partition coefficient (Wildman–Crippen LogP) is 0.771. The molecule has 0 bridgehead atoms. The second-order valence-corrected chi connectivity index (χ2v) is 3.35. The number of rotatable bonds is 2. The molecule has 0 fully saturated rings. The summed E-state index contributed by atoms with van der Waals surface area (Å²) in [5, 5.41) is 14.0. The molecular weight excluding hydrogens is 206 g/mol. The molecule has 1 amide bonds. The highest BCUT2D eigenvalue weighted by atomic mass is 16.1. The molecule has 0 radical (unpaired) electrons. The fourth-order valence-corrected chi connectivity index (χ4v) is 1.28. The molecule has 0 aliphatic heterocycles. The van der Waals surface area contributed by atoms with Gasteiger partial charge in [-0.15, -0.1) is 0 Å². The summed E-state index contributed by atoms with van der Waals surface area (Å²) in [6, 6.07) is 1.68. The SMILES string of the molecule is Cc1c(C(=O)Nc2ccnnc2)cnn1C. The molecule has 0 saturated heterocycles. The molecule has 2 aromatic heterocycles. The van der Waals surface area contributed by atoms with Gasteiger partial charge in [0.15, 0.2) is 0 Å². The van der Waals surface area contributed by atoms with Crippen LogP contribution in [0.4, 0.5) is 5.69 Å². The molecule has 0 unspecified atom stereocenters. The van der Waals surface area contributed by atoms with Crippen LogP contribution in [0, 0.1) is 6.92 Å². The quantitative estimate of drug-likeness (QED) is 0.806. The maximum Gasteiger partial charge on any atom is 0.259 e. The molecule has 1 N–H and O–H groups in total. The summed E-state index contributed by atoms with van der Waals surface area (Å²) in [5.41, 5.74) is 1.99. The van der Waals surface area contributed by atoms with Crippen LogP contribution in [0.5, 0.6) is 0 Å². The van der Waals surface area contributed by atoms with E-state index in [1.54, 1.807) is 24.0 Å². The molecular formula is C10H11N5O. The van der Waals surface area contributed by atoms with E-state index in [9.17, 15) is 4.79 Å². The van der Waals surface area contributed by atoms with E-state index in [2.05, 4.69) is 20.6 Å². The van der Waals surface area contributed by atoms with Crippen molar-refractivity contribution in [1.82, 2.24) is 20.0 Å². The van der Waals surface area contributed by atoms with E-state index in [1.807, 2.05) is 6.92 Å². The summed E-state index contributed by atoms with van der Waals surface area (Å²) in [4.78, 5) is 11.8. The van der Waals surface area contributed by atoms with Gasteiger partial charge in [-0.2, -0.15) is 15.3 Å². The summed E-state index contributed by atoms with van der Waals surface area (Å²) in [6.45, 7) is 1.84. The van der Waals surface area contributed by atoms with Gasteiger partial charge in [-0.3, -0.25) is 9.48 Å². The summed E-state index contributed by atoms with van der Waals surface area (Å²) in [6.07, 6.45) is 4.55. The minimum Gasteiger partial charge on any atom is -0.320 e. The third-order valence-corrected chi connectivity index (χ3v) is 2.32. The van der Waals surface area contributed by atoms with Gasteiger partial charge in [0, 0.05) is 12.7 Å². The lowest BCUT2D eigenvalue weighted by Gasteiger charge is -2.03. The molecule has 6 heteroatoms. The van der Waals surface area contributed by atoms with Gasteiger partial charge < -0.3 is 5.32 Å². The molecule has 16 heavy (non-hydrogen) atoms. The number of carbonyl (C=O) groups is 1. The lowest BCUT2D eigenvalue weighted by molar-refractivity contribution is 0.102. The highest BCUT2D eigenvalue weighted by Gasteiger charge is 2.12. The number of nitrogens with one attached hydrogen (secondary N) is 1. The average molecular weight is 217 g/mol. The monoisotopic (exact) mass is 217 g/mol. The molecule has 0 aromatic carbocycles. The third kappa shape index (κ3) is 1.90. The van der Waals surface area contributed by atoms with Crippen LogP contribution in [-0.4, -0.2) is 25.9 Å². The summed E-state index contributed by atoms with van der Waals surface area (Å²) in [7, 11) is 1.79. The third-order valence-electron chi connectivity index (χ3n) is 2.32. The van der Waals surface area contributed by atoms with Crippen molar-refractivity contribution >= 4 is 11.6 Å². The van der Waals surface area contributed by atoms with E-state index in [-0.39, 0.29) is 5.91 Å². The van der Waals surface area contributed by atoms with Crippen molar-refractivity contribution in [3.05, 3.63) is 35.9 Å². The second-order valence-electron chi connectivity index (χ2n) is 3.35. The lowest BCUT2D eigenvalue weighted by Crippen LogP contribution is -2.13. The Morgan fingerprint density at radius 3 is 2.75 bits per heavy atom. The second kappa shape index (κ2) is 4.09. The number of hydrogen-bond acceptors (Lipinski definition) is 4. The smallest absolute Gasteiger partial charge is 0.259 e. The van der Waals surface area contributed by atoms with Gasteiger partial charge in [-0.1, -0.05) is 0 Å². The summed E-state index contributed by atoms with van der Waals surface area (Å²) < 4.78 is 1.65. The molecule has 0 aliphatic rings. The molecule has 0 spiro atoms. The van der Waals surface area contributed by atoms with Crippen molar-refractivity contribution in [2.75, 3.05) is 5.32 Å². The lowest BCUT2D eigenvalue weighted by atomic mass is 10.2. The number of anilines is 1. The van der Waals surface area contributed by atoms with Gasteiger partial charge in [0.05, 0.1) is 29.8 Å². The Morgan fingerprint density at radius 2 is 2.19 bits per heavy atom. The molecule has 0 aliphatic carbocycles. The Morgan fingerprint density at radius 1 is 1.38 bits per heavy atom. The number of carbonyl (C=O) groups excluding carboxylic acids is 1. The number of amides is 1. The van der Waals surface area contributed by atoms with E-state index >= 15 is 0 Å². The van der Waals surface area contributed by atoms with Crippen LogP contribution in [-0.2, 0) is 7.05 Å². The maximum atomic E-state index is 11.8. The van der Waals surface area contributed by atoms with Gasteiger partial charge in [0.1, 0.15) is 0 Å². The molecule has 6 nitrogen and oxygen atoms in total. The fourth-order valence-electron chi connectivity index (χ4n) is 1.28. The van der Waals surface area contributed by atoms with Crippen LogP contribution in [0.1, 0.15) is 16.1 Å². The van der Waals surface area contributed by atoms with Gasteiger partial charge in [0.25, 0.3) is 5.91 Å². The average Bonchev–Trinajstić information content (AvgIpc) is 2.61. The zero-order valence-electron chi connectivity index (χ0n) is 9.01. The van der Waals surface area contributed by atoms with Crippen LogP contribution in [0.2, 0.25) is 0 Å². The van der Waals surface area contributed by atoms with Crippen molar-refractivity contribution in [1.29, 1.82) is 0 Å². The Hall–Kier alpha value is -2.24. The van der Waals surface area contributed by atoms with E-state index in [1.165, 1.54) is 12.4 Å². The minimum atomic E-state index is -0.196. The molecule has 2 heterocycles. The van der Waals surface area contributed by atoms with Gasteiger partial charge in [-0.25, -0.2) is 0 Å². The zero-order valence-corrected chi connectivity index (χ0v) is 9.01. The van der Waals surface area contributed by atoms with E-state index in [0.29, 0.717) is 11.3 Å². The van der Waals surface area contributed by atoms with Crippen LogP contribution in [0.3, 0.4) is 0 Å². The van der Waals surface area contributed by atoms with Crippen molar-refractivity contribution in [2.45, 2.75) is 6.92 Å². The number of nitrogens with zero attached hydrogens (tertiary/aromatic N) is 4. The minimum absolute atomic E-state index is 0.196. The Labute approximate surface area is 92.3 Å². The summed E-state index contributed by atoms with van der Waals surface area (Å²) >= 11 is 0. The number of aryl methyl sites for hydroxylation is 1. The summed E-state index contributed by atoms with van der Waals surface area (Å²) in [5.74, 6) is -0.196.